The average molecular weight is 407 g/mol. The molecule has 4 aliphatic heterocycles. The molecule has 0 aromatic carbocycles. The zero-order valence-electron chi connectivity index (χ0n) is 18.1. The molecule has 6 nitrogen and oxygen atoms in total. The summed E-state index contributed by atoms with van der Waals surface area (Å²) in [5, 5.41) is 3.73. The van der Waals surface area contributed by atoms with Crippen molar-refractivity contribution in [3.05, 3.63) is 12.7 Å². The highest BCUT2D eigenvalue weighted by atomic mass is 16.7. The highest BCUT2D eigenvalue weighted by molar-refractivity contribution is 5.60. The number of hydrogen-bond acceptors (Lipinski definition) is 6. The molecule has 0 radical (unpaired) electrons. The summed E-state index contributed by atoms with van der Waals surface area (Å²) in [7, 11) is 1.82. The first-order valence-corrected chi connectivity index (χ1v) is 11.6. The van der Waals surface area contributed by atoms with Gasteiger partial charge in [0, 0.05) is 31.7 Å². The predicted octanol–water partition coefficient (Wildman–Crippen LogP) is 3.22. The molecule has 4 saturated heterocycles. The van der Waals surface area contributed by atoms with Gasteiger partial charge >= 0.3 is 6.16 Å². The standard InChI is InChI=1S/C23H38N2O4/c1-4-15-14-25-11-9-16(15)12-21(25)22(29-23(26)28-5-2)18-8-10-24-20-7-6-17(27-3)13-19(18)20/h4,15-22,24H,1,5-14H2,2-3H3/t15-,16+,17?,18?,19?,20?,21+,22+/m1/s1. The van der Waals surface area contributed by atoms with Gasteiger partial charge in [-0.25, -0.2) is 4.79 Å². The number of nitrogens with one attached hydrogen (secondary N) is 1. The first kappa shape index (κ1) is 21.1. The lowest BCUT2D eigenvalue weighted by Gasteiger charge is -2.54. The van der Waals surface area contributed by atoms with Crippen LogP contribution in [0, 0.1) is 23.7 Å². The van der Waals surface area contributed by atoms with Gasteiger partial charge in [-0.2, -0.15) is 0 Å². The van der Waals surface area contributed by atoms with Crippen LogP contribution in [0.25, 0.3) is 0 Å². The van der Waals surface area contributed by atoms with Crippen LogP contribution in [0.5, 0.6) is 0 Å². The van der Waals surface area contributed by atoms with Crippen LogP contribution >= 0.6 is 0 Å². The Morgan fingerprint density at radius 1 is 1.28 bits per heavy atom. The van der Waals surface area contributed by atoms with Crippen molar-refractivity contribution in [2.24, 2.45) is 23.7 Å². The molecule has 0 aromatic rings. The SMILES string of the molecule is C=C[C@@H]1CN2CC[C@H]1C[C@H]2[C@@H](OC(=O)OCC)C1CCNC2CCC(OC)CC21. The molecule has 2 bridgehead atoms. The lowest BCUT2D eigenvalue weighted by Crippen LogP contribution is -2.62. The number of methoxy groups -OCH3 is 1. The summed E-state index contributed by atoms with van der Waals surface area (Å²) in [4.78, 5) is 15.0. The second kappa shape index (κ2) is 9.36. The van der Waals surface area contributed by atoms with Crippen LogP contribution in [0.3, 0.4) is 0 Å². The van der Waals surface area contributed by atoms with Crippen molar-refractivity contribution >= 4 is 6.16 Å². The van der Waals surface area contributed by atoms with Gasteiger partial charge in [0.15, 0.2) is 0 Å². The largest absolute Gasteiger partial charge is 0.508 e. The Hall–Kier alpha value is -1.11. The topological polar surface area (TPSA) is 60.0 Å². The van der Waals surface area contributed by atoms with Crippen LogP contribution in [-0.2, 0) is 14.2 Å². The third-order valence-corrected chi connectivity index (χ3v) is 8.07. The Balaban J connectivity index is 1.56. The molecule has 5 unspecified atom stereocenters. The smallest absolute Gasteiger partial charge is 0.435 e. The van der Waals surface area contributed by atoms with E-state index in [0.29, 0.717) is 48.5 Å². The quantitative estimate of drug-likeness (QED) is 0.540. The van der Waals surface area contributed by atoms with Crippen molar-refractivity contribution in [3.8, 4) is 0 Å². The number of ether oxygens (including phenoxy) is 3. The van der Waals surface area contributed by atoms with Crippen molar-refractivity contribution < 1.29 is 19.0 Å². The van der Waals surface area contributed by atoms with Crippen molar-refractivity contribution in [3.63, 3.8) is 0 Å². The molecule has 4 heterocycles. The summed E-state index contributed by atoms with van der Waals surface area (Å²) in [6.45, 7) is 9.38. The van der Waals surface area contributed by atoms with Crippen LogP contribution in [0.4, 0.5) is 4.79 Å². The van der Waals surface area contributed by atoms with Crippen LogP contribution in [-0.4, -0.2) is 68.7 Å². The van der Waals surface area contributed by atoms with Gasteiger partial charge in [-0.05, 0) is 76.3 Å². The van der Waals surface area contributed by atoms with Crippen LogP contribution < -0.4 is 5.32 Å². The summed E-state index contributed by atoms with van der Waals surface area (Å²) in [5.74, 6) is 2.07. The maximum Gasteiger partial charge on any atom is 0.508 e. The lowest BCUT2D eigenvalue weighted by atomic mass is 9.66. The van der Waals surface area contributed by atoms with Crippen LogP contribution in [0.1, 0.15) is 45.4 Å². The van der Waals surface area contributed by atoms with E-state index in [1.807, 2.05) is 14.0 Å². The first-order valence-electron chi connectivity index (χ1n) is 11.6. The predicted molar refractivity (Wildman–Crippen MR) is 112 cm³/mol. The Labute approximate surface area is 175 Å². The fraction of sp³-hybridized carbons (Fsp3) is 0.870. The first-order chi connectivity index (χ1) is 14.1. The van der Waals surface area contributed by atoms with Gasteiger partial charge in [0.2, 0.25) is 0 Å². The van der Waals surface area contributed by atoms with Gasteiger partial charge in [-0.3, -0.25) is 4.90 Å². The molecule has 6 heteroatoms. The minimum Gasteiger partial charge on any atom is -0.435 e. The molecule has 1 N–H and O–H groups in total. The fourth-order valence-corrected chi connectivity index (χ4v) is 6.60. The molecule has 0 amide bonds. The molecule has 9 atom stereocenters. The van der Waals surface area contributed by atoms with Crippen molar-refractivity contribution in [2.75, 3.05) is 33.4 Å². The molecule has 29 heavy (non-hydrogen) atoms. The van der Waals surface area contributed by atoms with Gasteiger partial charge in [0.1, 0.15) is 6.10 Å². The monoisotopic (exact) mass is 406 g/mol. The van der Waals surface area contributed by atoms with E-state index >= 15 is 0 Å². The van der Waals surface area contributed by atoms with E-state index in [9.17, 15) is 4.79 Å². The number of hydrogen-bond donors (Lipinski definition) is 1. The Morgan fingerprint density at radius 3 is 2.83 bits per heavy atom. The van der Waals surface area contributed by atoms with Crippen LogP contribution in [0.2, 0.25) is 0 Å². The number of fused-ring (bicyclic) bond motifs is 4. The molecule has 5 fully saturated rings. The summed E-state index contributed by atoms with van der Waals surface area (Å²) in [6.07, 6.45) is 8.49. The maximum absolute atomic E-state index is 12.4. The highest BCUT2D eigenvalue weighted by Gasteiger charge is 2.50. The van der Waals surface area contributed by atoms with E-state index in [-0.39, 0.29) is 6.10 Å². The minimum absolute atomic E-state index is 0.104. The molecule has 5 rings (SSSR count). The molecule has 1 aliphatic carbocycles. The van der Waals surface area contributed by atoms with E-state index in [1.54, 1.807) is 0 Å². The molecule has 1 saturated carbocycles. The Bertz CT molecular complexity index is 585. The summed E-state index contributed by atoms with van der Waals surface area (Å²) < 4.78 is 17.1. The van der Waals surface area contributed by atoms with Gasteiger partial charge in [-0.15, -0.1) is 6.58 Å². The molecular formula is C23H38N2O4. The highest BCUT2D eigenvalue weighted by Crippen LogP contribution is 2.44. The van der Waals surface area contributed by atoms with Gasteiger partial charge < -0.3 is 19.5 Å². The van der Waals surface area contributed by atoms with Gasteiger partial charge in [0.25, 0.3) is 0 Å². The molecule has 164 valence electrons. The third kappa shape index (κ3) is 4.35. The molecule has 0 spiro atoms. The van der Waals surface area contributed by atoms with Gasteiger partial charge in [0.05, 0.1) is 12.7 Å². The van der Waals surface area contributed by atoms with Crippen molar-refractivity contribution in [2.45, 2.75) is 69.7 Å². The number of carbonyl (C=O) groups is 1. The summed E-state index contributed by atoms with van der Waals surface area (Å²) in [6, 6.07) is 0.797. The van der Waals surface area contributed by atoms with Gasteiger partial charge in [-0.1, -0.05) is 6.08 Å². The Morgan fingerprint density at radius 2 is 2.14 bits per heavy atom. The number of piperidine rings is 4. The Kier molecular flexibility index (Phi) is 6.82. The summed E-state index contributed by atoms with van der Waals surface area (Å²) >= 11 is 0. The van der Waals surface area contributed by atoms with Crippen LogP contribution in [0.15, 0.2) is 12.7 Å². The second-order valence-corrected chi connectivity index (χ2v) is 9.36. The number of nitrogens with zero attached hydrogens (tertiary/aromatic N) is 1. The lowest BCUT2D eigenvalue weighted by molar-refractivity contribution is -0.109. The number of carbonyl (C=O) groups excluding carboxylic acids is 1. The molecular weight excluding hydrogens is 368 g/mol. The summed E-state index contributed by atoms with van der Waals surface area (Å²) in [5.41, 5.74) is 0. The second-order valence-electron chi connectivity index (χ2n) is 9.36. The van der Waals surface area contributed by atoms with E-state index in [1.165, 1.54) is 6.42 Å². The maximum atomic E-state index is 12.4. The van der Waals surface area contributed by atoms with E-state index in [4.69, 9.17) is 14.2 Å². The van der Waals surface area contributed by atoms with E-state index in [2.05, 4.69) is 22.9 Å². The normalized spacial score (nSPS) is 42.6. The van der Waals surface area contributed by atoms with Crippen molar-refractivity contribution in [1.29, 1.82) is 0 Å². The number of rotatable bonds is 6. The molecule has 0 aromatic heterocycles. The zero-order valence-corrected chi connectivity index (χ0v) is 18.1. The average Bonchev–Trinajstić information content (AvgIpc) is 2.77. The molecule has 5 aliphatic rings. The zero-order chi connectivity index (χ0) is 20.4. The van der Waals surface area contributed by atoms with Crippen molar-refractivity contribution in [1.82, 2.24) is 10.2 Å². The van der Waals surface area contributed by atoms with E-state index < -0.39 is 6.16 Å². The van der Waals surface area contributed by atoms with E-state index in [0.717, 1.165) is 51.7 Å². The third-order valence-electron chi connectivity index (χ3n) is 8.07. The minimum atomic E-state index is -0.505. The fourth-order valence-electron chi connectivity index (χ4n) is 6.60.